The summed E-state index contributed by atoms with van der Waals surface area (Å²) in [5.74, 6) is 2.69. The fourth-order valence-electron chi connectivity index (χ4n) is 4.28. The Balaban J connectivity index is 1.47. The molecule has 35 heavy (non-hydrogen) atoms. The molecule has 7 heteroatoms. The lowest BCUT2D eigenvalue weighted by molar-refractivity contribution is -0.122. The van der Waals surface area contributed by atoms with Crippen LogP contribution in [0.3, 0.4) is 0 Å². The van der Waals surface area contributed by atoms with Crippen LogP contribution in [0.5, 0.6) is 23.0 Å². The van der Waals surface area contributed by atoms with Crippen molar-refractivity contribution in [1.82, 2.24) is 4.90 Å². The molecular formula is C28H31NO6. The standard InChI is InChI=1S/C28H31NO6/c1-31-24-11-9-21(14-26(24)32-2)13-23-19-35-28(17-30)29(23)16-22-10-12-25(27(15-22)33-3)34-18-20-7-5-4-6-8-20/h4-12,14-15,17,23,28H,13,16,18-19H2,1-3H3/t23-,28?/m0/s1. The Kier molecular flexibility index (Phi) is 8.23. The lowest BCUT2D eigenvalue weighted by atomic mass is 10.0. The zero-order valence-corrected chi connectivity index (χ0v) is 20.3. The Morgan fingerprint density at radius 3 is 2.20 bits per heavy atom. The third kappa shape index (κ3) is 5.93. The first-order chi connectivity index (χ1) is 17.1. The fourth-order valence-corrected chi connectivity index (χ4v) is 4.28. The smallest absolute Gasteiger partial charge is 0.167 e. The molecule has 4 rings (SSSR count). The molecule has 7 nitrogen and oxygen atoms in total. The summed E-state index contributed by atoms with van der Waals surface area (Å²) in [6.07, 6.45) is 0.962. The van der Waals surface area contributed by atoms with E-state index in [-0.39, 0.29) is 6.04 Å². The topological polar surface area (TPSA) is 66.5 Å². The van der Waals surface area contributed by atoms with Crippen molar-refractivity contribution < 1.29 is 28.5 Å². The molecule has 3 aromatic rings. The van der Waals surface area contributed by atoms with Crippen LogP contribution in [-0.2, 0) is 29.1 Å². The summed E-state index contributed by atoms with van der Waals surface area (Å²) in [4.78, 5) is 13.8. The van der Waals surface area contributed by atoms with E-state index in [1.54, 1.807) is 21.3 Å². The van der Waals surface area contributed by atoms with Gasteiger partial charge in [0.2, 0.25) is 0 Å². The zero-order valence-electron chi connectivity index (χ0n) is 20.3. The van der Waals surface area contributed by atoms with Crippen LogP contribution in [0.1, 0.15) is 16.7 Å². The van der Waals surface area contributed by atoms with E-state index in [0.29, 0.717) is 49.2 Å². The second-order valence-electron chi connectivity index (χ2n) is 8.34. The molecule has 0 amide bonds. The number of nitrogens with zero attached hydrogens (tertiary/aromatic N) is 1. The van der Waals surface area contributed by atoms with Gasteiger partial charge in [-0.25, -0.2) is 0 Å². The number of carbonyl (C=O) groups excluding carboxylic acids is 1. The van der Waals surface area contributed by atoms with Gasteiger partial charge in [-0.3, -0.25) is 9.69 Å². The first-order valence-electron chi connectivity index (χ1n) is 11.5. The number of ether oxygens (including phenoxy) is 5. The van der Waals surface area contributed by atoms with Crippen LogP contribution < -0.4 is 18.9 Å². The van der Waals surface area contributed by atoms with Gasteiger partial charge in [-0.15, -0.1) is 0 Å². The number of benzene rings is 3. The quantitative estimate of drug-likeness (QED) is 0.382. The average molecular weight is 478 g/mol. The van der Waals surface area contributed by atoms with Crippen molar-refractivity contribution in [2.45, 2.75) is 31.8 Å². The maximum absolute atomic E-state index is 11.7. The molecule has 184 valence electrons. The SMILES string of the molecule is COc1ccc(C[C@H]2COC(C=O)N2Cc2ccc(OCc3ccccc3)c(OC)c2)cc1OC. The molecule has 0 radical (unpaired) electrons. The largest absolute Gasteiger partial charge is 0.493 e. The van der Waals surface area contributed by atoms with Crippen LogP contribution in [0, 0.1) is 0 Å². The summed E-state index contributed by atoms with van der Waals surface area (Å²) in [6, 6.07) is 21.7. The van der Waals surface area contributed by atoms with E-state index in [0.717, 1.165) is 23.0 Å². The molecule has 3 aromatic carbocycles. The van der Waals surface area contributed by atoms with E-state index >= 15 is 0 Å². The Bertz CT molecular complexity index is 1120. The van der Waals surface area contributed by atoms with Crippen LogP contribution in [0.25, 0.3) is 0 Å². The van der Waals surface area contributed by atoms with Gasteiger partial charge < -0.3 is 23.7 Å². The van der Waals surface area contributed by atoms with E-state index in [1.807, 2.05) is 66.7 Å². The summed E-state index contributed by atoms with van der Waals surface area (Å²) in [5, 5.41) is 0. The third-order valence-electron chi connectivity index (χ3n) is 6.12. The number of hydrogen-bond acceptors (Lipinski definition) is 7. The monoisotopic (exact) mass is 477 g/mol. The number of rotatable bonds is 11. The van der Waals surface area contributed by atoms with E-state index < -0.39 is 6.23 Å². The highest BCUT2D eigenvalue weighted by Crippen LogP contribution is 2.32. The van der Waals surface area contributed by atoms with Gasteiger partial charge in [0, 0.05) is 12.6 Å². The van der Waals surface area contributed by atoms with Gasteiger partial charge in [0.25, 0.3) is 0 Å². The predicted molar refractivity (Wildman–Crippen MR) is 132 cm³/mol. The van der Waals surface area contributed by atoms with E-state index in [4.69, 9.17) is 23.7 Å². The summed E-state index contributed by atoms with van der Waals surface area (Å²) >= 11 is 0. The van der Waals surface area contributed by atoms with Gasteiger partial charge in [-0.1, -0.05) is 42.5 Å². The first kappa shape index (κ1) is 24.6. The van der Waals surface area contributed by atoms with Crippen molar-refractivity contribution in [3.05, 3.63) is 83.4 Å². The van der Waals surface area contributed by atoms with Gasteiger partial charge in [0.05, 0.1) is 27.9 Å². The first-order valence-corrected chi connectivity index (χ1v) is 11.5. The highest BCUT2D eigenvalue weighted by Gasteiger charge is 2.34. The lowest BCUT2D eigenvalue weighted by Gasteiger charge is -2.26. The van der Waals surface area contributed by atoms with Crippen molar-refractivity contribution in [3.63, 3.8) is 0 Å². The molecular weight excluding hydrogens is 446 g/mol. The van der Waals surface area contributed by atoms with E-state index in [1.165, 1.54) is 0 Å². The predicted octanol–water partition coefficient (Wildman–Crippen LogP) is 4.26. The molecule has 0 aromatic heterocycles. The molecule has 0 bridgehead atoms. The minimum Gasteiger partial charge on any atom is -0.493 e. The highest BCUT2D eigenvalue weighted by molar-refractivity contribution is 5.56. The van der Waals surface area contributed by atoms with Crippen LogP contribution in [-0.4, -0.2) is 51.4 Å². The average Bonchev–Trinajstić information content (AvgIpc) is 3.28. The van der Waals surface area contributed by atoms with Gasteiger partial charge in [0.15, 0.2) is 35.5 Å². The molecule has 0 saturated carbocycles. The molecule has 1 unspecified atom stereocenters. The fraction of sp³-hybridized carbons (Fsp3) is 0.321. The maximum Gasteiger partial charge on any atom is 0.167 e. The van der Waals surface area contributed by atoms with Crippen LogP contribution in [0.2, 0.25) is 0 Å². The molecule has 0 aliphatic carbocycles. The van der Waals surface area contributed by atoms with Gasteiger partial charge in [-0.05, 0) is 47.4 Å². The van der Waals surface area contributed by atoms with Gasteiger partial charge >= 0.3 is 0 Å². The number of methoxy groups -OCH3 is 3. The second-order valence-corrected chi connectivity index (χ2v) is 8.34. The summed E-state index contributed by atoms with van der Waals surface area (Å²) in [7, 11) is 4.86. The Labute approximate surface area is 206 Å². The van der Waals surface area contributed by atoms with Crippen LogP contribution in [0.4, 0.5) is 0 Å². The van der Waals surface area contributed by atoms with Crippen molar-refractivity contribution in [2.24, 2.45) is 0 Å². The molecule has 1 saturated heterocycles. The number of hydrogen-bond donors (Lipinski definition) is 0. The molecule has 0 N–H and O–H groups in total. The van der Waals surface area contributed by atoms with Crippen molar-refractivity contribution in [1.29, 1.82) is 0 Å². The molecule has 0 spiro atoms. The maximum atomic E-state index is 11.7. The molecule has 1 aliphatic rings. The van der Waals surface area contributed by atoms with E-state index in [2.05, 4.69) is 4.90 Å². The summed E-state index contributed by atoms with van der Waals surface area (Å²) < 4.78 is 28.1. The van der Waals surface area contributed by atoms with Crippen molar-refractivity contribution >= 4 is 6.29 Å². The zero-order chi connectivity index (χ0) is 24.6. The molecule has 1 aliphatic heterocycles. The Morgan fingerprint density at radius 1 is 0.829 bits per heavy atom. The molecule has 1 fully saturated rings. The lowest BCUT2D eigenvalue weighted by Crippen LogP contribution is -2.38. The van der Waals surface area contributed by atoms with Gasteiger partial charge in [0.1, 0.15) is 6.61 Å². The Morgan fingerprint density at radius 2 is 1.49 bits per heavy atom. The summed E-state index contributed by atoms with van der Waals surface area (Å²) in [5.41, 5.74) is 3.17. The van der Waals surface area contributed by atoms with Gasteiger partial charge in [-0.2, -0.15) is 0 Å². The van der Waals surface area contributed by atoms with Crippen molar-refractivity contribution in [2.75, 3.05) is 27.9 Å². The Hall–Kier alpha value is -3.55. The highest BCUT2D eigenvalue weighted by atomic mass is 16.5. The molecule has 1 heterocycles. The number of aldehydes is 1. The number of carbonyl (C=O) groups is 1. The van der Waals surface area contributed by atoms with E-state index in [9.17, 15) is 4.79 Å². The minimum absolute atomic E-state index is 0.0308. The normalized spacial score (nSPS) is 17.7. The minimum atomic E-state index is -0.597. The third-order valence-corrected chi connectivity index (χ3v) is 6.12. The van der Waals surface area contributed by atoms with Crippen LogP contribution in [0.15, 0.2) is 66.7 Å². The second kappa shape index (κ2) is 11.7. The molecule has 2 atom stereocenters. The van der Waals surface area contributed by atoms with Crippen molar-refractivity contribution in [3.8, 4) is 23.0 Å². The summed E-state index contributed by atoms with van der Waals surface area (Å²) in [6.45, 7) is 1.46. The van der Waals surface area contributed by atoms with Crippen LogP contribution >= 0.6 is 0 Å².